The molecule has 0 aromatic heterocycles. The first-order valence-corrected chi connectivity index (χ1v) is 13.1. The van der Waals surface area contributed by atoms with Crippen LogP contribution in [-0.2, 0) is 19.1 Å². The molecule has 3 atom stereocenters. The van der Waals surface area contributed by atoms with Gasteiger partial charge in [-0.3, -0.25) is 14.4 Å². The van der Waals surface area contributed by atoms with E-state index in [0.717, 1.165) is 15.2 Å². The van der Waals surface area contributed by atoms with Crippen molar-refractivity contribution < 1.29 is 29.0 Å². The van der Waals surface area contributed by atoms with Gasteiger partial charge in [-0.05, 0) is 67.5 Å². The largest absolute Gasteiger partial charge is 0.481 e. The number of ether oxygens (including phenoxy) is 2. The molecule has 3 rings (SSSR count). The fourth-order valence-electron chi connectivity index (χ4n) is 3.70. The number of para-hydroxylation sites is 1. The zero-order chi connectivity index (χ0) is 24.9. The minimum atomic E-state index is -1.18. The van der Waals surface area contributed by atoms with Crippen molar-refractivity contribution in [1.82, 2.24) is 0 Å². The summed E-state index contributed by atoms with van der Waals surface area (Å²) in [6.45, 7) is 3.94. The molecule has 1 saturated carbocycles. The van der Waals surface area contributed by atoms with Crippen LogP contribution in [0.25, 0.3) is 0 Å². The number of carbonyl (C=O) groups is 3. The van der Waals surface area contributed by atoms with Gasteiger partial charge in [-0.15, -0.1) is 0 Å². The lowest BCUT2D eigenvalue weighted by Crippen LogP contribution is -2.21. The molecule has 0 bridgehead atoms. The number of halogens is 2. The molecule has 6 nitrogen and oxygen atoms in total. The van der Waals surface area contributed by atoms with Crippen molar-refractivity contribution in [2.24, 2.45) is 17.3 Å². The zero-order valence-electron chi connectivity index (χ0n) is 18.6. The number of allylic oxidation sites excluding steroid dienone is 1. The summed E-state index contributed by atoms with van der Waals surface area (Å²) >= 11 is 7.51. The fraction of sp³-hybridized carbons (Fsp3) is 0.320. The van der Waals surface area contributed by atoms with Gasteiger partial charge in [-0.2, -0.15) is 0 Å². The van der Waals surface area contributed by atoms with Crippen molar-refractivity contribution in [3.8, 4) is 11.5 Å². The van der Waals surface area contributed by atoms with E-state index >= 15 is 0 Å². The van der Waals surface area contributed by atoms with Crippen LogP contribution in [-0.4, -0.2) is 27.9 Å². The average molecular weight is 612 g/mol. The molecular weight excluding hydrogens is 588 g/mol. The van der Waals surface area contributed by atoms with E-state index in [1.165, 1.54) is 0 Å². The van der Waals surface area contributed by atoms with E-state index in [1.807, 2.05) is 50.3 Å². The number of hydrogen-bond donors (Lipinski definition) is 1. The quantitative estimate of drug-likeness (QED) is 0.299. The van der Waals surface area contributed by atoms with E-state index in [2.05, 4.69) is 31.9 Å². The summed E-state index contributed by atoms with van der Waals surface area (Å²) in [5.41, 5.74) is 0.147. The van der Waals surface area contributed by atoms with Gasteiger partial charge in [0.1, 0.15) is 11.5 Å². The van der Waals surface area contributed by atoms with Crippen LogP contribution in [0, 0.1) is 17.3 Å². The minimum Gasteiger partial charge on any atom is -0.481 e. The Labute approximate surface area is 219 Å². The summed E-state index contributed by atoms with van der Waals surface area (Å²) in [6, 6.07) is 16.0. The zero-order valence-corrected chi connectivity index (χ0v) is 22.6. The normalized spacial score (nSPS) is 18.9. The van der Waals surface area contributed by atoms with E-state index in [0.29, 0.717) is 17.1 Å². The van der Waals surface area contributed by atoms with E-state index in [4.69, 9.17) is 14.6 Å². The summed E-state index contributed by atoms with van der Waals surface area (Å²) < 4.78 is 12.4. The van der Waals surface area contributed by atoms with Crippen LogP contribution in [0.3, 0.4) is 0 Å². The van der Waals surface area contributed by atoms with Crippen molar-refractivity contribution in [2.75, 3.05) is 5.75 Å². The summed E-state index contributed by atoms with van der Waals surface area (Å²) in [5, 5.41) is 8.47. The Hall–Kier alpha value is -2.10. The highest BCUT2D eigenvalue weighted by Crippen LogP contribution is 2.60. The number of aliphatic carboxylic acids is 1. The van der Waals surface area contributed by atoms with Crippen LogP contribution in [0.15, 0.2) is 64.1 Å². The number of thioether (sulfide) groups is 1. The second-order valence-electron chi connectivity index (χ2n) is 8.40. The number of carboxylic acid groups (broad SMARTS) is 1. The Bertz CT molecular complexity index is 1080. The maximum Gasteiger partial charge on any atom is 0.311 e. The van der Waals surface area contributed by atoms with Crippen molar-refractivity contribution >= 4 is 60.7 Å². The first-order valence-electron chi connectivity index (χ1n) is 10.5. The molecular formula is C25H24Br2O6S. The standard InChI is InChI=1S/C25H24Br2O6S/c1-25(2)18(14-19(26)27)21(25)23(30)33-22(24(31)34-12-11-20(28)29)15-7-6-10-17(13-15)32-16-8-4-3-5-9-16/h3-10,13-14,18,21-22H,11-12H2,1-2H3,(H,28,29)/t18-,21-,22?/m1/s1. The molecule has 2 aromatic rings. The van der Waals surface area contributed by atoms with Gasteiger partial charge in [0.05, 0.1) is 15.7 Å². The highest BCUT2D eigenvalue weighted by Gasteiger charge is 2.62. The molecule has 0 spiro atoms. The summed E-state index contributed by atoms with van der Waals surface area (Å²) in [6.07, 6.45) is 0.549. The Kier molecular flexibility index (Phi) is 9.01. The third-order valence-electron chi connectivity index (χ3n) is 5.62. The first kappa shape index (κ1) is 26.5. The number of carboxylic acids is 1. The van der Waals surface area contributed by atoms with Crippen LogP contribution in [0.4, 0.5) is 0 Å². The highest BCUT2D eigenvalue weighted by molar-refractivity contribution is 9.28. The maximum atomic E-state index is 13.1. The molecule has 1 aliphatic rings. The van der Waals surface area contributed by atoms with Gasteiger partial charge in [-0.1, -0.05) is 62.0 Å². The number of esters is 1. The lowest BCUT2D eigenvalue weighted by Gasteiger charge is -2.18. The van der Waals surface area contributed by atoms with E-state index in [9.17, 15) is 14.4 Å². The number of carbonyl (C=O) groups excluding carboxylic acids is 2. The third-order valence-corrected chi connectivity index (χ3v) is 7.05. The van der Waals surface area contributed by atoms with Gasteiger partial charge in [0.25, 0.3) is 0 Å². The molecule has 0 aliphatic heterocycles. The highest BCUT2D eigenvalue weighted by atomic mass is 79.9. The van der Waals surface area contributed by atoms with Gasteiger partial charge in [-0.25, -0.2) is 0 Å². The lowest BCUT2D eigenvalue weighted by atomic mass is 10.1. The minimum absolute atomic E-state index is 0.0445. The number of hydrogen-bond acceptors (Lipinski definition) is 6. The van der Waals surface area contributed by atoms with E-state index in [-0.39, 0.29) is 23.5 Å². The predicted molar refractivity (Wildman–Crippen MR) is 138 cm³/mol. The SMILES string of the molecule is CC1(C)[C@H](C=C(Br)Br)[C@@H]1C(=O)OC(C(=O)SCCC(=O)O)c1cccc(Oc2ccccc2)c1. The third kappa shape index (κ3) is 6.96. The molecule has 0 saturated heterocycles. The molecule has 0 radical (unpaired) electrons. The second kappa shape index (κ2) is 11.6. The Balaban J connectivity index is 1.82. The summed E-state index contributed by atoms with van der Waals surface area (Å²) in [4.78, 5) is 37.0. The average Bonchev–Trinajstić information content (AvgIpc) is 3.31. The predicted octanol–water partition coefficient (Wildman–Crippen LogP) is 6.70. The van der Waals surface area contributed by atoms with Gasteiger partial charge in [0.15, 0.2) is 6.10 Å². The molecule has 9 heteroatoms. The molecule has 1 N–H and O–H groups in total. The molecule has 180 valence electrons. The van der Waals surface area contributed by atoms with Gasteiger partial charge in [0.2, 0.25) is 5.12 Å². The van der Waals surface area contributed by atoms with Crippen LogP contribution >= 0.6 is 43.6 Å². The first-order chi connectivity index (χ1) is 16.1. The van der Waals surface area contributed by atoms with Crippen LogP contribution in [0.2, 0.25) is 0 Å². The molecule has 1 fully saturated rings. The Morgan fingerprint density at radius 3 is 2.41 bits per heavy atom. The summed E-state index contributed by atoms with van der Waals surface area (Å²) in [7, 11) is 0. The van der Waals surface area contributed by atoms with Gasteiger partial charge in [0, 0.05) is 11.3 Å². The fourth-order valence-corrected chi connectivity index (χ4v) is 5.08. The smallest absolute Gasteiger partial charge is 0.311 e. The van der Waals surface area contributed by atoms with Crippen molar-refractivity contribution in [3.63, 3.8) is 0 Å². The number of benzene rings is 2. The molecule has 0 amide bonds. The Morgan fingerprint density at radius 1 is 1.09 bits per heavy atom. The van der Waals surface area contributed by atoms with Gasteiger partial charge >= 0.3 is 11.9 Å². The molecule has 34 heavy (non-hydrogen) atoms. The molecule has 1 unspecified atom stereocenters. The molecule has 2 aromatic carbocycles. The lowest BCUT2D eigenvalue weighted by molar-refractivity contribution is -0.155. The van der Waals surface area contributed by atoms with Crippen molar-refractivity contribution in [3.05, 3.63) is 69.6 Å². The van der Waals surface area contributed by atoms with Crippen LogP contribution in [0.5, 0.6) is 11.5 Å². The van der Waals surface area contributed by atoms with Crippen LogP contribution in [0.1, 0.15) is 31.9 Å². The maximum absolute atomic E-state index is 13.1. The van der Waals surface area contributed by atoms with Crippen molar-refractivity contribution in [2.45, 2.75) is 26.4 Å². The Morgan fingerprint density at radius 2 is 1.76 bits per heavy atom. The summed E-state index contributed by atoms with van der Waals surface area (Å²) in [5.74, 6) is -0.716. The van der Waals surface area contributed by atoms with E-state index in [1.54, 1.807) is 24.3 Å². The van der Waals surface area contributed by atoms with Gasteiger partial charge < -0.3 is 14.6 Å². The monoisotopic (exact) mass is 610 g/mol. The second-order valence-corrected chi connectivity index (χ2v) is 12.3. The number of rotatable bonds is 10. The van der Waals surface area contributed by atoms with E-state index < -0.39 is 29.1 Å². The van der Waals surface area contributed by atoms with Crippen molar-refractivity contribution in [1.29, 1.82) is 0 Å². The topological polar surface area (TPSA) is 89.9 Å². The molecule has 0 heterocycles. The molecule has 1 aliphatic carbocycles. The van der Waals surface area contributed by atoms with Crippen LogP contribution < -0.4 is 4.74 Å².